The van der Waals surface area contributed by atoms with Crippen LogP contribution in [0.15, 0.2) is 29.2 Å². The van der Waals surface area contributed by atoms with E-state index in [1.807, 2.05) is 19.1 Å². The number of hydrogen-bond donors (Lipinski definition) is 0. The summed E-state index contributed by atoms with van der Waals surface area (Å²) >= 11 is 0. The van der Waals surface area contributed by atoms with Crippen LogP contribution in [0.2, 0.25) is 0 Å². The van der Waals surface area contributed by atoms with Crippen LogP contribution in [0.25, 0.3) is 0 Å². The van der Waals surface area contributed by atoms with E-state index >= 15 is 0 Å². The molecule has 1 aliphatic rings. The molecule has 2 rings (SSSR count). The van der Waals surface area contributed by atoms with Crippen LogP contribution < -0.4 is 0 Å². The smallest absolute Gasteiger partial charge is 0.243 e. The van der Waals surface area contributed by atoms with E-state index in [9.17, 15) is 8.42 Å². The minimum atomic E-state index is -3.39. The van der Waals surface area contributed by atoms with Gasteiger partial charge in [0.2, 0.25) is 10.0 Å². The molecule has 1 aromatic rings. The summed E-state index contributed by atoms with van der Waals surface area (Å²) < 4.78 is 27.1. The maximum absolute atomic E-state index is 12.8. The molecular weight excluding hydrogens is 284 g/mol. The number of nitrogens with zero attached hydrogens (tertiary/aromatic N) is 2. The van der Waals surface area contributed by atoms with Crippen molar-refractivity contribution < 1.29 is 8.42 Å². The van der Waals surface area contributed by atoms with Gasteiger partial charge in [0.25, 0.3) is 0 Å². The molecule has 0 aromatic heterocycles. The summed E-state index contributed by atoms with van der Waals surface area (Å²) in [6.45, 7) is 8.16. The average molecular weight is 310 g/mol. The van der Waals surface area contributed by atoms with Gasteiger partial charge < -0.3 is 4.90 Å². The second-order valence-electron chi connectivity index (χ2n) is 6.15. The average Bonchev–Trinajstić information content (AvgIpc) is 2.46. The molecule has 0 N–H and O–H groups in total. The molecule has 1 heterocycles. The van der Waals surface area contributed by atoms with Gasteiger partial charge in [0.15, 0.2) is 0 Å². The van der Waals surface area contributed by atoms with Crippen molar-refractivity contribution in [2.45, 2.75) is 50.6 Å². The SMILES string of the molecule is Cc1ccccc1S(=O)(=O)N(C)C1CCN(C(C)C)CC1. The van der Waals surface area contributed by atoms with E-state index in [-0.39, 0.29) is 6.04 Å². The zero-order valence-corrected chi connectivity index (χ0v) is 14.2. The van der Waals surface area contributed by atoms with Gasteiger partial charge in [-0.3, -0.25) is 0 Å². The van der Waals surface area contributed by atoms with E-state index in [1.165, 1.54) is 0 Å². The Balaban J connectivity index is 2.13. The van der Waals surface area contributed by atoms with Crippen LogP contribution in [0, 0.1) is 6.92 Å². The molecule has 0 spiro atoms. The van der Waals surface area contributed by atoms with Crippen molar-refractivity contribution in [2.75, 3.05) is 20.1 Å². The summed E-state index contributed by atoms with van der Waals surface area (Å²) in [6.07, 6.45) is 1.81. The number of likely N-dealkylation sites (tertiary alicyclic amines) is 1. The van der Waals surface area contributed by atoms with E-state index < -0.39 is 10.0 Å². The molecule has 1 aromatic carbocycles. The van der Waals surface area contributed by atoms with Gasteiger partial charge in [-0.2, -0.15) is 4.31 Å². The van der Waals surface area contributed by atoms with E-state index in [1.54, 1.807) is 23.5 Å². The summed E-state index contributed by atoms with van der Waals surface area (Å²) in [5, 5.41) is 0. The minimum absolute atomic E-state index is 0.101. The van der Waals surface area contributed by atoms with Crippen molar-refractivity contribution in [3.63, 3.8) is 0 Å². The fraction of sp³-hybridized carbons (Fsp3) is 0.625. The molecule has 1 fully saturated rings. The van der Waals surface area contributed by atoms with E-state index in [0.717, 1.165) is 31.5 Å². The van der Waals surface area contributed by atoms with Crippen molar-refractivity contribution in [3.05, 3.63) is 29.8 Å². The third kappa shape index (κ3) is 3.47. The van der Waals surface area contributed by atoms with Crippen LogP contribution in [0.5, 0.6) is 0 Å². The normalized spacial score (nSPS) is 18.6. The highest BCUT2D eigenvalue weighted by Gasteiger charge is 2.31. The second-order valence-corrected chi connectivity index (χ2v) is 8.11. The molecule has 0 atom stereocenters. The summed E-state index contributed by atoms with van der Waals surface area (Å²) in [4.78, 5) is 2.84. The van der Waals surface area contributed by atoms with Gasteiger partial charge in [0.05, 0.1) is 4.90 Å². The molecule has 21 heavy (non-hydrogen) atoms. The van der Waals surface area contributed by atoms with Crippen LogP contribution in [0.3, 0.4) is 0 Å². The van der Waals surface area contributed by atoms with Gasteiger partial charge in [0.1, 0.15) is 0 Å². The lowest BCUT2D eigenvalue weighted by Gasteiger charge is -2.38. The maximum Gasteiger partial charge on any atom is 0.243 e. The first-order valence-corrected chi connectivity index (χ1v) is 9.05. The predicted octanol–water partition coefficient (Wildman–Crippen LogP) is 2.49. The quantitative estimate of drug-likeness (QED) is 0.858. The fourth-order valence-corrected chi connectivity index (χ4v) is 4.60. The van der Waals surface area contributed by atoms with Crippen LogP contribution in [-0.2, 0) is 10.0 Å². The lowest BCUT2D eigenvalue weighted by Crippen LogP contribution is -2.47. The van der Waals surface area contributed by atoms with Gasteiger partial charge in [-0.1, -0.05) is 18.2 Å². The number of hydrogen-bond acceptors (Lipinski definition) is 3. The molecule has 4 nitrogen and oxygen atoms in total. The zero-order chi connectivity index (χ0) is 15.6. The molecule has 0 radical (unpaired) electrons. The van der Waals surface area contributed by atoms with Crippen LogP contribution in [-0.4, -0.2) is 49.8 Å². The first-order valence-electron chi connectivity index (χ1n) is 7.61. The summed E-state index contributed by atoms with van der Waals surface area (Å²) in [5.41, 5.74) is 0.809. The first kappa shape index (κ1) is 16.5. The highest BCUT2D eigenvalue weighted by molar-refractivity contribution is 7.89. The monoisotopic (exact) mass is 310 g/mol. The molecule has 0 amide bonds. The molecule has 0 bridgehead atoms. The van der Waals surface area contributed by atoms with Crippen LogP contribution in [0.4, 0.5) is 0 Å². The summed E-state index contributed by atoms with van der Waals surface area (Å²) in [7, 11) is -1.67. The van der Waals surface area contributed by atoms with Crippen LogP contribution >= 0.6 is 0 Å². The maximum atomic E-state index is 12.8. The topological polar surface area (TPSA) is 40.6 Å². The Bertz CT molecular complexity index is 576. The Morgan fingerprint density at radius 2 is 1.76 bits per heavy atom. The van der Waals surface area contributed by atoms with Crippen molar-refractivity contribution in [3.8, 4) is 0 Å². The first-order chi connectivity index (χ1) is 9.84. The van der Waals surface area contributed by atoms with Crippen molar-refractivity contribution >= 4 is 10.0 Å². The summed E-state index contributed by atoms with van der Waals surface area (Å²) in [5.74, 6) is 0. The second kappa shape index (κ2) is 6.46. The van der Waals surface area contributed by atoms with Gasteiger partial charge in [-0.05, 0) is 58.3 Å². The fourth-order valence-electron chi connectivity index (χ4n) is 2.96. The molecule has 0 aliphatic carbocycles. The Kier molecular flexibility index (Phi) is 5.07. The molecule has 0 unspecified atom stereocenters. The van der Waals surface area contributed by atoms with E-state index in [4.69, 9.17) is 0 Å². The van der Waals surface area contributed by atoms with Crippen molar-refractivity contribution in [2.24, 2.45) is 0 Å². The van der Waals surface area contributed by atoms with Crippen molar-refractivity contribution in [1.29, 1.82) is 0 Å². The molecule has 5 heteroatoms. The largest absolute Gasteiger partial charge is 0.301 e. The highest BCUT2D eigenvalue weighted by atomic mass is 32.2. The van der Waals surface area contributed by atoms with Crippen molar-refractivity contribution in [1.82, 2.24) is 9.21 Å². The lowest BCUT2D eigenvalue weighted by atomic mass is 10.0. The third-order valence-electron chi connectivity index (χ3n) is 4.49. The predicted molar refractivity (Wildman–Crippen MR) is 85.9 cm³/mol. The summed E-state index contributed by atoms with van der Waals surface area (Å²) in [6, 6.07) is 7.84. The minimum Gasteiger partial charge on any atom is -0.301 e. The molecule has 0 saturated carbocycles. The Hall–Kier alpha value is -0.910. The molecule has 1 aliphatic heterocycles. The Labute approximate surface area is 128 Å². The molecule has 118 valence electrons. The molecule has 1 saturated heterocycles. The Morgan fingerprint density at radius 3 is 2.29 bits per heavy atom. The number of sulfonamides is 1. The van der Waals surface area contributed by atoms with Gasteiger partial charge in [-0.25, -0.2) is 8.42 Å². The number of aryl methyl sites for hydroxylation is 1. The lowest BCUT2D eigenvalue weighted by molar-refractivity contribution is 0.140. The van der Waals surface area contributed by atoms with Crippen LogP contribution in [0.1, 0.15) is 32.3 Å². The van der Waals surface area contributed by atoms with E-state index in [2.05, 4.69) is 18.7 Å². The third-order valence-corrected chi connectivity index (χ3v) is 6.56. The Morgan fingerprint density at radius 1 is 1.19 bits per heavy atom. The van der Waals surface area contributed by atoms with Gasteiger partial charge in [-0.15, -0.1) is 0 Å². The molecular formula is C16H26N2O2S. The number of benzene rings is 1. The highest BCUT2D eigenvalue weighted by Crippen LogP contribution is 2.25. The standard InChI is InChI=1S/C16H26N2O2S/c1-13(2)18-11-9-15(10-12-18)17(4)21(19,20)16-8-6-5-7-14(16)3/h5-8,13,15H,9-12H2,1-4H3. The van der Waals surface area contributed by atoms with Gasteiger partial charge >= 0.3 is 0 Å². The number of piperidine rings is 1. The van der Waals surface area contributed by atoms with Gasteiger partial charge in [0, 0.05) is 19.1 Å². The number of rotatable bonds is 4. The zero-order valence-electron chi connectivity index (χ0n) is 13.4. The van der Waals surface area contributed by atoms with E-state index in [0.29, 0.717) is 10.9 Å².